The van der Waals surface area contributed by atoms with Gasteiger partial charge in [-0.05, 0) is 117 Å². The number of fused-ring (bicyclic) bond motifs is 3. The highest BCUT2D eigenvalue weighted by Crippen LogP contribution is 2.33. The van der Waals surface area contributed by atoms with Crippen molar-refractivity contribution in [2.24, 2.45) is 0 Å². The Balaban J connectivity index is 2.22. The van der Waals surface area contributed by atoms with Crippen LogP contribution >= 0.6 is 45.2 Å². The SMILES string of the molecule is Ic1ccc2c(c1)CCCCc1cc(I)ccc1-2. The van der Waals surface area contributed by atoms with Crippen LogP contribution in [0.5, 0.6) is 0 Å². The molecule has 18 heavy (non-hydrogen) atoms. The maximum Gasteiger partial charge on any atom is 0.0133 e. The number of hydrogen-bond donors (Lipinski definition) is 0. The van der Waals surface area contributed by atoms with Crippen molar-refractivity contribution in [3.05, 3.63) is 54.7 Å². The summed E-state index contributed by atoms with van der Waals surface area (Å²) in [6, 6.07) is 13.7. The topological polar surface area (TPSA) is 0 Å². The van der Waals surface area contributed by atoms with Gasteiger partial charge in [-0.2, -0.15) is 0 Å². The molecule has 0 radical (unpaired) electrons. The van der Waals surface area contributed by atoms with Gasteiger partial charge in [-0.25, -0.2) is 0 Å². The Morgan fingerprint density at radius 3 is 1.56 bits per heavy atom. The van der Waals surface area contributed by atoms with Crippen LogP contribution < -0.4 is 0 Å². The van der Waals surface area contributed by atoms with Gasteiger partial charge in [0.2, 0.25) is 0 Å². The van der Waals surface area contributed by atoms with Crippen LogP contribution in [0.3, 0.4) is 0 Å². The van der Waals surface area contributed by atoms with Crippen LogP contribution in [0.25, 0.3) is 11.1 Å². The van der Waals surface area contributed by atoms with Crippen molar-refractivity contribution < 1.29 is 0 Å². The van der Waals surface area contributed by atoms with Gasteiger partial charge >= 0.3 is 0 Å². The molecule has 0 spiro atoms. The van der Waals surface area contributed by atoms with E-state index >= 15 is 0 Å². The van der Waals surface area contributed by atoms with E-state index in [1.807, 2.05) is 0 Å². The van der Waals surface area contributed by atoms with Gasteiger partial charge in [0.25, 0.3) is 0 Å². The van der Waals surface area contributed by atoms with Crippen LogP contribution in [0.4, 0.5) is 0 Å². The predicted molar refractivity (Wildman–Crippen MR) is 94.0 cm³/mol. The van der Waals surface area contributed by atoms with Crippen molar-refractivity contribution in [1.82, 2.24) is 0 Å². The van der Waals surface area contributed by atoms with Gasteiger partial charge < -0.3 is 0 Å². The van der Waals surface area contributed by atoms with Gasteiger partial charge in [-0.15, -0.1) is 0 Å². The standard InChI is InChI=1S/C16H14I2/c17-13-5-7-15-11(9-13)3-1-2-4-12-10-14(18)6-8-16(12)15/h5-10H,1-4H2. The molecule has 0 saturated heterocycles. The zero-order valence-corrected chi connectivity index (χ0v) is 14.4. The highest BCUT2D eigenvalue weighted by Gasteiger charge is 2.13. The van der Waals surface area contributed by atoms with Crippen molar-refractivity contribution in [3.63, 3.8) is 0 Å². The molecule has 2 aromatic rings. The van der Waals surface area contributed by atoms with E-state index in [4.69, 9.17) is 0 Å². The fourth-order valence-electron chi connectivity index (χ4n) is 2.69. The average molecular weight is 460 g/mol. The normalized spacial score (nSPS) is 14.3. The van der Waals surface area contributed by atoms with E-state index in [1.54, 1.807) is 0 Å². The third-order valence-corrected chi connectivity index (χ3v) is 4.91. The third-order valence-electron chi connectivity index (χ3n) is 3.57. The van der Waals surface area contributed by atoms with E-state index in [0.717, 1.165) is 0 Å². The summed E-state index contributed by atoms with van der Waals surface area (Å²) in [5, 5.41) is 0. The zero-order valence-electron chi connectivity index (χ0n) is 10.0. The fraction of sp³-hybridized carbons (Fsp3) is 0.250. The molecule has 0 heterocycles. The van der Waals surface area contributed by atoms with Crippen LogP contribution in [0.2, 0.25) is 0 Å². The summed E-state index contributed by atoms with van der Waals surface area (Å²) in [7, 11) is 0. The summed E-state index contributed by atoms with van der Waals surface area (Å²) in [6.07, 6.45) is 5.05. The van der Waals surface area contributed by atoms with E-state index in [-0.39, 0.29) is 0 Å². The zero-order chi connectivity index (χ0) is 12.5. The number of halogens is 2. The Morgan fingerprint density at radius 1 is 0.667 bits per heavy atom. The second kappa shape index (κ2) is 5.49. The molecule has 1 aliphatic rings. The van der Waals surface area contributed by atoms with Gasteiger partial charge in [-0.1, -0.05) is 12.1 Å². The minimum Gasteiger partial charge on any atom is -0.0530 e. The van der Waals surface area contributed by atoms with E-state index in [9.17, 15) is 0 Å². The molecule has 0 aliphatic heterocycles. The summed E-state index contributed by atoms with van der Waals surface area (Å²) in [6.45, 7) is 0. The van der Waals surface area contributed by atoms with E-state index in [1.165, 1.54) is 55.1 Å². The Hall–Kier alpha value is -0.100. The average Bonchev–Trinajstić information content (AvgIpc) is 2.33. The van der Waals surface area contributed by atoms with Crippen molar-refractivity contribution in [2.75, 3.05) is 0 Å². The summed E-state index contributed by atoms with van der Waals surface area (Å²) in [5.41, 5.74) is 5.93. The van der Waals surface area contributed by atoms with Gasteiger partial charge in [0.15, 0.2) is 0 Å². The largest absolute Gasteiger partial charge is 0.0530 e. The molecule has 0 aromatic heterocycles. The minimum atomic E-state index is 1.22. The van der Waals surface area contributed by atoms with E-state index in [0.29, 0.717) is 0 Å². The molecule has 1 aliphatic carbocycles. The summed E-state index contributed by atoms with van der Waals surface area (Å²) >= 11 is 4.82. The van der Waals surface area contributed by atoms with E-state index in [2.05, 4.69) is 81.6 Å². The molecule has 0 saturated carbocycles. The molecule has 0 bridgehead atoms. The van der Waals surface area contributed by atoms with Crippen molar-refractivity contribution in [2.45, 2.75) is 25.7 Å². The van der Waals surface area contributed by atoms with Crippen LogP contribution in [-0.2, 0) is 12.8 Å². The lowest BCUT2D eigenvalue weighted by Crippen LogP contribution is -2.01. The second-order valence-electron chi connectivity index (χ2n) is 4.81. The molecule has 3 rings (SSSR count). The van der Waals surface area contributed by atoms with Crippen LogP contribution in [0.15, 0.2) is 36.4 Å². The molecule has 0 amide bonds. The summed E-state index contributed by atoms with van der Waals surface area (Å²) in [5.74, 6) is 0. The monoisotopic (exact) mass is 460 g/mol. The third kappa shape index (κ3) is 2.59. The predicted octanol–water partition coefficient (Wildman–Crippen LogP) is 5.44. The fourth-order valence-corrected chi connectivity index (χ4v) is 3.81. The van der Waals surface area contributed by atoms with Crippen molar-refractivity contribution >= 4 is 45.2 Å². The first-order valence-corrected chi connectivity index (χ1v) is 8.47. The van der Waals surface area contributed by atoms with Crippen molar-refractivity contribution in [1.29, 1.82) is 0 Å². The lowest BCUT2D eigenvalue weighted by Gasteiger charge is -2.18. The highest BCUT2D eigenvalue weighted by molar-refractivity contribution is 14.1. The molecule has 0 nitrogen and oxygen atoms in total. The molecule has 0 unspecified atom stereocenters. The molecule has 2 aromatic carbocycles. The van der Waals surface area contributed by atoms with Gasteiger partial charge in [-0.3, -0.25) is 0 Å². The Bertz CT molecular complexity index is 534. The first kappa shape index (κ1) is 12.9. The maximum atomic E-state index is 2.41. The van der Waals surface area contributed by atoms with Crippen molar-refractivity contribution in [3.8, 4) is 11.1 Å². The maximum absolute atomic E-state index is 2.41. The second-order valence-corrected chi connectivity index (χ2v) is 7.30. The van der Waals surface area contributed by atoms with Crippen LogP contribution in [0, 0.1) is 7.14 Å². The molecule has 2 heteroatoms. The molecular weight excluding hydrogens is 446 g/mol. The molecule has 0 atom stereocenters. The smallest absolute Gasteiger partial charge is 0.0133 e. The number of benzene rings is 2. The van der Waals surface area contributed by atoms with Gasteiger partial charge in [0.05, 0.1) is 0 Å². The summed E-state index contributed by atoms with van der Waals surface area (Å²) < 4.78 is 2.69. The number of hydrogen-bond acceptors (Lipinski definition) is 0. The Labute approximate surface area is 135 Å². The summed E-state index contributed by atoms with van der Waals surface area (Å²) in [4.78, 5) is 0. The number of rotatable bonds is 0. The molecule has 92 valence electrons. The first-order chi connectivity index (χ1) is 8.74. The lowest BCUT2D eigenvalue weighted by atomic mass is 9.88. The van der Waals surface area contributed by atoms with Crippen LogP contribution in [-0.4, -0.2) is 0 Å². The van der Waals surface area contributed by atoms with Gasteiger partial charge in [0, 0.05) is 7.14 Å². The molecule has 0 fully saturated rings. The highest BCUT2D eigenvalue weighted by atomic mass is 127. The first-order valence-electron chi connectivity index (χ1n) is 6.31. The number of aryl methyl sites for hydroxylation is 2. The molecule has 0 N–H and O–H groups in total. The van der Waals surface area contributed by atoms with E-state index < -0.39 is 0 Å². The quantitative estimate of drug-likeness (QED) is 0.460. The lowest BCUT2D eigenvalue weighted by molar-refractivity contribution is 0.729. The minimum absolute atomic E-state index is 1.22. The van der Waals surface area contributed by atoms with Crippen LogP contribution in [0.1, 0.15) is 24.0 Å². The Kier molecular flexibility index (Phi) is 3.94. The molecular formula is C16H14I2. The van der Waals surface area contributed by atoms with Gasteiger partial charge in [0.1, 0.15) is 0 Å². The Morgan fingerprint density at radius 2 is 1.11 bits per heavy atom.